The minimum absolute atomic E-state index is 0.836. The zero-order valence-electron chi connectivity index (χ0n) is 11.3. The van der Waals surface area contributed by atoms with E-state index in [9.17, 15) is 0 Å². The number of likely N-dealkylation sites (tertiary alicyclic amines) is 1. The van der Waals surface area contributed by atoms with Gasteiger partial charge in [0.05, 0.1) is 0 Å². The molecule has 0 amide bonds. The van der Waals surface area contributed by atoms with Crippen molar-refractivity contribution in [3.8, 4) is 0 Å². The summed E-state index contributed by atoms with van der Waals surface area (Å²) < 4.78 is 0. The summed E-state index contributed by atoms with van der Waals surface area (Å²) in [6, 6.07) is 0.836. The van der Waals surface area contributed by atoms with Crippen LogP contribution in [0, 0.1) is 5.92 Å². The first-order valence-corrected chi connectivity index (χ1v) is 8.59. The lowest BCUT2D eigenvalue weighted by Gasteiger charge is -2.35. The first-order valence-electron chi connectivity index (χ1n) is 7.43. The summed E-state index contributed by atoms with van der Waals surface area (Å²) in [6.07, 6.45) is 7.07. The number of nitrogens with zero attached hydrogens (tertiary/aromatic N) is 1. The molecule has 0 saturated carbocycles. The molecule has 0 aromatic rings. The lowest BCUT2D eigenvalue weighted by Crippen LogP contribution is -2.43. The van der Waals surface area contributed by atoms with Gasteiger partial charge in [0, 0.05) is 12.6 Å². The van der Waals surface area contributed by atoms with E-state index in [4.69, 9.17) is 0 Å². The van der Waals surface area contributed by atoms with Crippen molar-refractivity contribution in [2.75, 3.05) is 37.7 Å². The van der Waals surface area contributed by atoms with Crippen LogP contribution in [0.4, 0.5) is 0 Å². The molecule has 2 fully saturated rings. The number of piperidine rings is 1. The molecule has 0 radical (unpaired) electrons. The molecule has 2 saturated heterocycles. The highest BCUT2D eigenvalue weighted by molar-refractivity contribution is 7.99. The third-order valence-electron chi connectivity index (χ3n) is 4.18. The molecule has 100 valence electrons. The van der Waals surface area contributed by atoms with E-state index >= 15 is 0 Å². The molecule has 2 atom stereocenters. The Bertz CT molecular complexity index is 204. The Morgan fingerprint density at radius 2 is 2.24 bits per heavy atom. The predicted molar refractivity (Wildman–Crippen MR) is 77.8 cm³/mol. The fourth-order valence-corrected chi connectivity index (χ4v) is 3.89. The van der Waals surface area contributed by atoms with Crippen molar-refractivity contribution < 1.29 is 0 Å². The van der Waals surface area contributed by atoms with Crippen LogP contribution in [-0.4, -0.2) is 48.6 Å². The van der Waals surface area contributed by atoms with Crippen molar-refractivity contribution in [1.29, 1.82) is 0 Å². The van der Waals surface area contributed by atoms with E-state index in [2.05, 4.69) is 28.9 Å². The second-order valence-electron chi connectivity index (χ2n) is 5.46. The van der Waals surface area contributed by atoms with Crippen LogP contribution in [-0.2, 0) is 0 Å². The van der Waals surface area contributed by atoms with Gasteiger partial charge in [-0.05, 0) is 69.2 Å². The molecule has 1 N–H and O–H groups in total. The quantitative estimate of drug-likeness (QED) is 0.736. The molecular weight excluding hydrogens is 228 g/mol. The van der Waals surface area contributed by atoms with Crippen LogP contribution in [0.5, 0.6) is 0 Å². The average Bonchev–Trinajstić information content (AvgIpc) is 2.89. The van der Waals surface area contributed by atoms with Crippen molar-refractivity contribution in [3.63, 3.8) is 0 Å². The van der Waals surface area contributed by atoms with Crippen LogP contribution >= 0.6 is 11.8 Å². The van der Waals surface area contributed by atoms with Gasteiger partial charge in [-0.15, -0.1) is 0 Å². The van der Waals surface area contributed by atoms with Crippen LogP contribution in [0.1, 0.15) is 39.0 Å². The van der Waals surface area contributed by atoms with Crippen molar-refractivity contribution in [3.05, 3.63) is 0 Å². The highest BCUT2D eigenvalue weighted by atomic mass is 32.2. The molecule has 0 aliphatic carbocycles. The summed E-state index contributed by atoms with van der Waals surface area (Å²) >= 11 is 2.08. The predicted octanol–water partition coefficient (Wildman–Crippen LogP) is 2.59. The lowest BCUT2D eigenvalue weighted by atomic mass is 9.90. The Labute approximate surface area is 111 Å². The smallest absolute Gasteiger partial charge is 0.0108 e. The maximum absolute atomic E-state index is 3.69. The SMILES string of the molecule is CCSCCCN1CCCC(C2CCCN2)C1. The summed E-state index contributed by atoms with van der Waals surface area (Å²) in [5.41, 5.74) is 0. The van der Waals surface area contributed by atoms with Gasteiger partial charge >= 0.3 is 0 Å². The first kappa shape index (κ1) is 13.7. The molecule has 0 bridgehead atoms. The summed E-state index contributed by atoms with van der Waals surface area (Å²) in [5, 5.41) is 3.69. The topological polar surface area (TPSA) is 15.3 Å². The van der Waals surface area contributed by atoms with Gasteiger partial charge in [-0.1, -0.05) is 6.92 Å². The standard InChI is InChI=1S/C14H28N2S/c1-2-17-11-5-10-16-9-4-6-13(12-16)14-7-3-8-15-14/h13-15H,2-12H2,1H3. The van der Waals surface area contributed by atoms with E-state index in [0.29, 0.717) is 0 Å². The molecule has 2 aliphatic rings. The number of hydrogen-bond acceptors (Lipinski definition) is 3. The minimum atomic E-state index is 0.836. The summed E-state index contributed by atoms with van der Waals surface area (Å²) in [5.74, 6) is 3.55. The molecule has 2 rings (SSSR count). The summed E-state index contributed by atoms with van der Waals surface area (Å²) in [6.45, 7) is 7.55. The zero-order valence-corrected chi connectivity index (χ0v) is 12.1. The van der Waals surface area contributed by atoms with Gasteiger partial charge in [0.1, 0.15) is 0 Å². The average molecular weight is 256 g/mol. The molecule has 17 heavy (non-hydrogen) atoms. The maximum Gasteiger partial charge on any atom is 0.0108 e. The number of thioether (sulfide) groups is 1. The first-order chi connectivity index (χ1) is 8.40. The number of hydrogen-bond donors (Lipinski definition) is 1. The maximum atomic E-state index is 3.69. The fraction of sp³-hybridized carbons (Fsp3) is 1.00. The number of rotatable bonds is 6. The lowest BCUT2D eigenvalue weighted by molar-refractivity contribution is 0.152. The van der Waals surface area contributed by atoms with Crippen LogP contribution in [0.3, 0.4) is 0 Å². The fourth-order valence-electron chi connectivity index (χ4n) is 3.27. The molecule has 0 aromatic heterocycles. The molecule has 0 spiro atoms. The summed E-state index contributed by atoms with van der Waals surface area (Å²) in [7, 11) is 0. The highest BCUT2D eigenvalue weighted by Crippen LogP contribution is 2.24. The third-order valence-corrected chi connectivity index (χ3v) is 5.16. The molecule has 2 unspecified atom stereocenters. The zero-order chi connectivity index (χ0) is 11.9. The van der Waals surface area contributed by atoms with E-state index in [1.807, 2.05) is 0 Å². The molecule has 2 heterocycles. The molecule has 2 nitrogen and oxygen atoms in total. The van der Waals surface area contributed by atoms with Gasteiger partial charge in [0.15, 0.2) is 0 Å². The Kier molecular flexibility index (Phi) is 6.16. The Balaban J connectivity index is 1.65. The van der Waals surface area contributed by atoms with Gasteiger partial charge in [-0.25, -0.2) is 0 Å². The van der Waals surface area contributed by atoms with Gasteiger partial charge in [-0.3, -0.25) is 0 Å². The van der Waals surface area contributed by atoms with Crippen LogP contribution < -0.4 is 5.32 Å². The van der Waals surface area contributed by atoms with E-state index in [1.165, 1.54) is 69.8 Å². The van der Waals surface area contributed by atoms with Crippen molar-refractivity contribution in [2.45, 2.75) is 45.1 Å². The highest BCUT2D eigenvalue weighted by Gasteiger charge is 2.28. The second-order valence-corrected chi connectivity index (χ2v) is 6.85. The largest absolute Gasteiger partial charge is 0.314 e. The van der Waals surface area contributed by atoms with E-state index in [0.717, 1.165) is 12.0 Å². The van der Waals surface area contributed by atoms with Crippen molar-refractivity contribution >= 4 is 11.8 Å². The van der Waals surface area contributed by atoms with Crippen molar-refractivity contribution in [1.82, 2.24) is 10.2 Å². The van der Waals surface area contributed by atoms with Gasteiger partial charge in [-0.2, -0.15) is 11.8 Å². The summed E-state index contributed by atoms with van der Waals surface area (Å²) in [4.78, 5) is 2.71. The van der Waals surface area contributed by atoms with Crippen LogP contribution in [0.25, 0.3) is 0 Å². The molecule has 3 heteroatoms. The molecule has 0 aromatic carbocycles. The van der Waals surface area contributed by atoms with Crippen LogP contribution in [0.2, 0.25) is 0 Å². The van der Waals surface area contributed by atoms with Crippen LogP contribution in [0.15, 0.2) is 0 Å². The van der Waals surface area contributed by atoms with Crippen molar-refractivity contribution in [2.24, 2.45) is 5.92 Å². The number of nitrogens with one attached hydrogen (secondary N) is 1. The van der Waals surface area contributed by atoms with E-state index in [-0.39, 0.29) is 0 Å². The molecule has 2 aliphatic heterocycles. The minimum Gasteiger partial charge on any atom is -0.314 e. The Morgan fingerprint density at radius 1 is 1.29 bits per heavy atom. The van der Waals surface area contributed by atoms with Gasteiger partial charge in [0.25, 0.3) is 0 Å². The molecular formula is C14H28N2S. The van der Waals surface area contributed by atoms with Gasteiger partial charge < -0.3 is 10.2 Å². The van der Waals surface area contributed by atoms with E-state index < -0.39 is 0 Å². The second kappa shape index (κ2) is 7.65. The normalized spacial score (nSPS) is 30.9. The Hall–Kier alpha value is 0.270. The van der Waals surface area contributed by atoms with Gasteiger partial charge in [0.2, 0.25) is 0 Å². The Morgan fingerprint density at radius 3 is 3.00 bits per heavy atom. The monoisotopic (exact) mass is 256 g/mol. The third kappa shape index (κ3) is 4.46. The van der Waals surface area contributed by atoms with E-state index in [1.54, 1.807) is 0 Å².